The van der Waals surface area contributed by atoms with Crippen LogP contribution in [0.25, 0.3) is 0 Å². The highest BCUT2D eigenvalue weighted by atomic mass is 16.5. The van der Waals surface area contributed by atoms with Crippen LogP contribution in [0.2, 0.25) is 0 Å². The summed E-state index contributed by atoms with van der Waals surface area (Å²) in [6.45, 7) is 1.92. The van der Waals surface area contributed by atoms with Crippen molar-refractivity contribution in [1.29, 1.82) is 0 Å². The molecule has 19 heavy (non-hydrogen) atoms. The highest BCUT2D eigenvalue weighted by Gasteiger charge is 2.21. The number of esters is 1. The van der Waals surface area contributed by atoms with Crippen LogP contribution in [0.5, 0.6) is 0 Å². The number of anilines is 1. The van der Waals surface area contributed by atoms with Crippen molar-refractivity contribution in [3.8, 4) is 0 Å². The summed E-state index contributed by atoms with van der Waals surface area (Å²) in [5, 5.41) is 0. The molecule has 3 nitrogen and oxygen atoms in total. The normalized spacial score (nSPS) is 17.9. The van der Waals surface area contributed by atoms with Gasteiger partial charge in [0.15, 0.2) is 0 Å². The fraction of sp³-hybridized carbons (Fsp3) is 0.562. The van der Waals surface area contributed by atoms with E-state index in [-0.39, 0.29) is 18.0 Å². The van der Waals surface area contributed by atoms with Crippen LogP contribution in [0, 0.1) is 5.92 Å². The summed E-state index contributed by atoms with van der Waals surface area (Å²) < 4.78 is 5.59. The maximum Gasteiger partial charge on any atom is 0.309 e. The highest BCUT2D eigenvalue weighted by molar-refractivity contribution is 5.72. The lowest BCUT2D eigenvalue weighted by Crippen LogP contribution is -2.25. The van der Waals surface area contributed by atoms with Crippen LogP contribution in [0.3, 0.4) is 0 Å². The Hall–Kier alpha value is -1.51. The summed E-state index contributed by atoms with van der Waals surface area (Å²) >= 11 is 0. The average Bonchev–Trinajstić information content (AvgIpc) is 2.40. The van der Waals surface area contributed by atoms with Crippen molar-refractivity contribution in [2.24, 2.45) is 5.92 Å². The summed E-state index contributed by atoms with van der Waals surface area (Å²) in [5.41, 5.74) is 7.58. The standard InChI is InChI=1S/C16H23NO2/c1-12(10-13-6-5-7-14(17)11-13)16(18)19-15-8-3-2-4-9-15/h5-7,11-12,15H,2-4,8-10,17H2,1H3. The molecule has 1 aromatic rings. The van der Waals surface area contributed by atoms with Gasteiger partial charge >= 0.3 is 5.97 Å². The molecule has 2 N–H and O–H groups in total. The molecule has 104 valence electrons. The van der Waals surface area contributed by atoms with Crippen LogP contribution in [-0.2, 0) is 16.0 Å². The van der Waals surface area contributed by atoms with E-state index in [2.05, 4.69) is 0 Å². The lowest BCUT2D eigenvalue weighted by Gasteiger charge is -2.23. The third-order valence-electron chi connectivity index (χ3n) is 3.73. The smallest absolute Gasteiger partial charge is 0.309 e. The number of rotatable bonds is 4. The van der Waals surface area contributed by atoms with E-state index in [0.717, 1.165) is 24.1 Å². The van der Waals surface area contributed by atoms with E-state index in [4.69, 9.17) is 10.5 Å². The molecule has 3 heteroatoms. The van der Waals surface area contributed by atoms with E-state index in [9.17, 15) is 4.79 Å². The maximum atomic E-state index is 12.0. The molecule has 1 atom stereocenters. The van der Waals surface area contributed by atoms with Crippen LogP contribution < -0.4 is 5.73 Å². The van der Waals surface area contributed by atoms with Crippen molar-refractivity contribution < 1.29 is 9.53 Å². The molecule has 1 aliphatic carbocycles. The van der Waals surface area contributed by atoms with Crippen LogP contribution in [0.1, 0.15) is 44.6 Å². The Kier molecular flexibility index (Phi) is 4.83. The predicted molar refractivity (Wildman–Crippen MR) is 76.7 cm³/mol. The number of hydrogen-bond donors (Lipinski definition) is 1. The molecule has 0 aliphatic heterocycles. The van der Waals surface area contributed by atoms with E-state index < -0.39 is 0 Å². The van der Waals surface area contributed by atoms with Crippen LogP contribution in [0.4, 0.5) is 5.69 Å². The Morgan fingerprint density at radius 1 is 1.37 bits per heavy atom. The SMILES string of the molecule is CC(Cc1cccc(N)c1)C(=O)OC1CCCCC1. The molecule has 0 heterocycles. The topological polar surface area (TPSA) is 52.3 Å². The van der Waals surface area contributed by atoms with E-state index >= 15 is 0 Å². The Balaban J connectivity index is 1.84. The molecular weight excluding hydrogens is 238 g/mol. The van der Waals surface area contributed by atoms with E-state index in [1.807, 2.05) is 31.2 Å². The van der Waals surface area contributed by atoms with E-state index in [0.29, 0.717) is 6.42 Å². The van der Waals surface area contributed by atoms with Gasteiger partial charge < -0.3 is 10.5 Å². The molecule has 1 aliphatic rings. The number of benzene rings is 1. The molecule has 1 unspecified atom stereocenters. The number of carbonyl (C=O) groups excluding carboxylic acids is 1. The van der Waals surface area contributed by atoms with Crippen molar-refractivity contribution in [2.45, 2.75) is 51.6 Å². The van der Waals surface area contributed by atoms with Crippen molar-refractivity contribution in [2.75, 3.05) is 5.73 Å². The first-order chi connectivity index (χ1) is 9.15. The summed E-state index contributed by atoms with van der Waals surface area (Å²) in [7, 11) is 0. The first-order valence-corrected chi connectivity index (χ1v) is 7.20. The lowest BCUT2D eigenvalue weighted by molar-refractivity contribution is -0.154. The molecule has 2 rings (SSSR count). The third kappa shape index (κ3) is 4.27. The van der Waals surface area contributed by atoms with Gasteiger partial charge in [-0.1, -0.05) is 25.5 Å². The molecule has 0 bridgehead atoms. The molecule has 1 fully saturated rings. The molecular formula is C16H23NO2. The molecule has 1 saturated carbocycles. The zero-order chi connectivity index (χ0) is 13.7. The first kappa shape index (κ1) is 13.9. The summed E-state index contributed by atoms with van der Waals surface area (Å²) in [4.78, 5) is 12.0. The molecule has 0 saturated heterocycles. The van der Waals surface area contributed by atoms with Crippen molar-refractivity contribution >= 4 is 11.7 Å². The van der Waals surface area contributed by atoms with Crippen molar-refractivity contribution in [3.05, 3.63) is 29.8 Å². The van der Waals surface area contributed by atoms with Gasteiger partial charge in [0.2, 0.25) is 0 Å². The molecule has 0 spiro atoms. The van der Waals surface area contributed by atoms with Gasteiger partial charge in [0.1, 0.15) is 6.10 Å². The monoisotopic (exact) mass is 261 g/mol. The second-order valence-corrected chi connectivity index (χ2v) is 5.55. The number of nitrogen functional groups attached to an aromatic ring is 1. The van der Waals surface area contributed by atoms with Gasteiger partial charge in [0, 0.05) is 5.69 Å². The zero-order valence-corrected chi connectivity index (χ0v) is 11.6. The summed E-state index contributed by atoms with van der Waals surface area (Å²) in [6.07, 6.45) is 6.52. The minimum atomic E-state index is -0.108. The highest BCUT2D eigenvalue weighted by Crippen LogP contribution is 2.22. The van der Waals surface area contributed by atoms with Crippen LogP contribution in [0.15, 0.2) is 24.3 Å². The quantitative estimate of drug-likeness (QED) is 0.668. The van der Waals surface area contributed by atoms with Gasteiger partial charge in [-0.2, -0.15) is 0 Å². The summed E-state index contributed by atoms with van der Waals surface area (Å²) in [6, 6.07) is 7.70. The largest absolute Gasteiger partial charge is 0.462 e. The van der Waals surface area contributed by atoms with Gasteiger partial charge in [0.05, 0.1) is 5.92 Å². The van der Waals surface area contributed by atoms with Crippen molar-refractivity contribution in [3.63, 3.8) is 0 Å². The first-order valence-electron chi connectivity index (χ1n) is 7.20. The van der Waals surface area contributed by atoms with Gasteiger partial charge in [-0.25, -0.2) is 0 Å². The minimum Gasteiger partial charge on any atom is -0.462 e. The maximum absolute atomic E-state index is 12.0. The number of hydrogen-bond acceptors (Lipinski definition) is 3. The predicted octanol–water partition coefficient (Wildman–Crippen LogP) is 3.32. The zero-order valence-electron chi connectivity index (χ0n) is 11.6. The molecule has 1 aromatic carbocycles. The lowest BCUT2D eigenvalue weighted by atomic mass is 9.97. The fourth-order valence-corrected chi connectivity index (χ4v) is 2.62. The van der Waals surface area contributed by atoms with Crippen LogP contribution >= 0.6 is 0 Å². The Morgan fingerprint density at radius 2 is 2.11 bits per heavy atom. The van der Waals surface area contributed by atoms with Gasteiger partial charge in [-0.15, -0.1) is 0 Å². The minimum absolute atomic E-state index is 0.0747. The second kappa shape index (κ2) is 6.60. The Morgan fingerprint density at radius 3 is 2.79 bits per heavy atom. The van der Waals surface area contributed by atoms with Gasteiger partial charge in [0.25, 0.3) is 0 Å². The Bertz CT molecular complexity index is 425. The number of carbonyl (C=O) groups is 1. The summed E-state index contributed by atoms with van der Waals surface area (Å²) in [5.74, 6) is -0.182. The molecule has 0 radical (unpaired) electrons. The number of nitrogens with two attached hydrogens (primary N) is 1. The third-order valence-corrected chi connectivity index (χ3v) is 3.73. The van der Waals surface area contributed by atoms with E-state index in [1.54, 1.807) is 0 Å². The van der Waals surface area contributed by atoms with Gasteiger partial charge in [-0.3, -0.25) is 4.79 Å². The second-order valence-electron chi connectivity index (χ2n) is 5.55. The molecule has 0 aromatic heterocycles. The Labute approximate surface area is 115 Å². The van der Waals surface area contributed by atoms with Gasteiger partial charge in [-0.05, 0) is 49.8 Å². The number of ether oxygens (including phenoxy) is 1. The molecule has 0 amide bonds. The fourth-order valence-electron chi connectivity index (χ4n) is 2.62. The van der Waals surface area contributed by atoms with Crippen molar-refractivity contribution in [1.82, 2.24) is 0 Å². The van der Waals surface area contributed by atoms with E-state index in [1.165, 1.54) is 19.3 Å². The van der Waals surface area contributed by atoms with Crippen LogP contribution in [-0.4, -0.2) is 12.1 Å². The average molecular weight is 261 g/mol.